The van der Waals surface area contributed by atoms with E-state index >= 15 is 0 Å². The minimum atomic E-state index is -4.97. The molecular formula is C19H20F2N2O5S2. The van der Waals surface area contributed by atoms with E-state index in [4.69, 9.17) is 0 Å². The second-order valence-corrected chi connectivity index (χ2v) is 10.7. The van der Waals surface area contributed by atoms with Gasteiger partial charge in [-0.05, 0) is 29.7 Å². The number of fused-ring (bicyclic) bond motifs is 1. The highest BCUT2D eigenvalue weighted by Gasteiger charge is 2.31. The maximum atomic E-state index is 12.9. The smallest absolute Gasteiger partial charge is 0.341 e. The molecule has 0 spiro atoms. The third kappa shape index (κ3) is 4.68. The summed E-state index contributed by atoms with van der Waals surface area (Å²) in [6.07, 6.45) is 0.584. The average Bonchev–Trinajstić information content (AvgIpc) is 2.73. The molecular weight excluding hydrogens is 438 g/mol. The fourth-order valence-electron chi connectivity index (χ4n) is 3.22. The van der Waals surface area contributed by atoms with Crippen molar-refractivity contribution in [1.82, 2.24) is 9.62 Å². The van der Waals surface area contributed by atoms with E-state index in [0.29, 0.717) is 13.0 Å². The van der Waals surface area contributed by atoms with Crippen LogP contribution in [0.15, 0.2) is 53.4 Å². The Bertz CT molecular complexity index is 1150. The highest BCUT2D eigenvalue weighted by molar-refractivity contribution is 7.91. The summed E-state index contributed by atoms with van der Waals surface area (Å²) in [4.78, 5) is 11.5. The van der Waals surface area contributed by atoms with Crippen LogP contribution in [0, 0.1) is 0 Å². The molecule has 0 unspecified atom stereocenters. The molecule has 0 bridgehead atoms. The van der Waals surface area contributed by atoms with Crippen LogP contribution in [0.4, 0.5) is 8.78 Å². The molecule has 0 fully saturated rings. The number of sulfone groups is 1. The number of carbonyl (C=O) groups is 1. The number of amides is 1. The average molecular weight is 459 g/mol. The van der Waals surface area contributed by atoms with Crippen molar-refractivity contribution in [3.8, 4) is 0 Å². The van der Waals surface area contributed by atoms with Crippen molar-refractivity contribution >= 4 is 25.8 Å². The van der Waals surface area contributed by atoms with Crippen LogP contribution in [-0.4, -0.2) is 51.6 Å². The Hall–Kier alpha value is -2.37. The standard InChI is InChI=1S/C19H20F2N2O5S2/c20-19(21)30(27,28)17-8-4-3-7-16(17)18(24)22-10-12-29(25,26)23-11-9-14-5-1-2-6-15(14)13-23/h1-8,19H,9-13H2,(H,22,24). The predicted molar refractivity (Wildman–Crippen MR) is 106 cm³/mol. The first kappa shape index (κ1) is 22.3. The topological polar surface area (TPSA) is 101 Å². The minimum Gasteiger partial charge on any atom is -0.351 e. The van der Waals surface area contributed by atoms with Crippen LogP contribution in [0.2, 0.25) is 0 Å². The second kappa shape index (κ2) is 8.78. The van der Waals surface area contributed by atoms with E-state index in [-0.39, 0.29) is 13.1 Å². The lowest BCUT2D eigenvalue weighted by Gasteiger charge is -2.28. The van der Waals surface area contributed by atoms with Crippen LogP contribution < -0.4 is 5.32 Å². The Kier molecular flexibility index (Phi) is 6.53. The number of nitrogens with one attached hydrogen (secondary N) is 1. The van der Waals surface area contributed by atoms with Crippen molar-refractivity contribution in [2.45, 2.75) is 23.6 Å². The number of halogens is 2. The molecule has 0 aromatic heterocycles. The lowest BCUT2D eigenvalue weighted by atomic mass is 10.0. The van der Waals surface area contributed by atoms with Gasteiger partial charge in [-0.1, -0.05) is 36.4 Å². The van der Waals surface area contributed by atoms with Gasteiger partial charge < -0.3 is 5.32 Å². The summed E-state index contributed by atoms with van der Waals surface area (Å²) in [5, 5.41) is 2.31. The Morgan fingerprint density at radius 2 is 1.63 bits per heavy atom. The Balaban J connectivity index is 1.65. The number of hydrogen-bond acceptors (Lipinski definition) is 5. The first-order chi connectivity index (χ1) is 14.1. The van der Waals surface area contributed by atoms with E-state index < -0.39 is 47.7 Å². The van der Waals surface area contributed by atoms with Crippen molar-refractivity contribution in [1.29, 1.82) is 0 Å². The fourth-order valence-corrected chi connectivity index (χ4v) is 5.47. The van der Waals surface area contributed by atoms with Crippen LogP contribution in [0.3, 0.4) is 0 Å². The first-order valence-corrected chi connectivity index (χ1v) is 12.2. The summed E-state index contributed by atoms with van der Waals surface area (Å²) >= 11 is 0. The summed E-state index contributed by atoms with van der Waals surface area (Å²) in [6.45, 7) is 0.271. The number of benzene rings is 2. The van der Waals surface area contributed by atoms with Crippen molar-refractivity contribution in [3.63, 3.8) is 0 Å². The zero-order valence-corrected chi connectivity index (χ0v) is 17.4. The molecule has 1 amide bonds. The van der Waals surface area contributed by atoms with Crippen LogP contribution in [0.5, 0.6) is 0 Å². The van der Waals surface area contributed by atoms with Crippen molar-refractivity contribution in [3.05, 3.63) is 65.2 Å². The summed E-state index contributed by atoms with van der Waals surface area (Å²) in [7, 11) is -8.65. The maximum absolute atomic E-state index is 12.9. The summed E-state index contributed by atoms with van der Waals surface area (Å²) in [5.74, 6) is -5.01. The molecule has 2 aromatic rings. The molecule has 0 radical (unpaired) electrons. The van der Waals surface area contributed by atoms with Gasteiger partial charge in [0.2, 0.25) is 19.9 Å². The van der Waals surface area contributed by atoms with Gasteiger partial charge in [0.05, 0.1) is 16.2 Å². The molecule has 11 heteroatoms. The zero-order valence-electron chi connectivity index (χ0n) is 15.8. The summed E-state index contributed by atoms with van der Waals surface area (Å²) in [6, 6.07) is 12.1. The van der Waals surface area contributed by atoms with Crippen molar-refractivity contribution in [2.24, 2.45) is 0 Å². The van der Waals surface area contributed by atoms with Gasteiger partial charge in [-0.25, -0.2) is 16.8 Å². The number of hydrogen-bond donors (Lipinski definition) is 1. The van der Waals surface area contributed by atoms with E-state index in [2.05, 4.69) is 5.32 Å². The molecule has 2 aromatic carbocycles. The molecule has 0 saturated heterocycles. The molecule has 1 heterocycles. The first-order valence-electron chi connectivity index (χ1n) is 9.07. The molecule has 3 rings (SSSR count). The van der Waals surface area contributed by atoms with E-state index in [1.165, 1.54) is 16.4 Å². The van der Waals surface area contributed by atoms with Gasteiger partial charge in [-0.15, -0.1) is 0 Å². The largest absolute Gasteiger partial charge is 0.351 e. The zero-order chi connectivity index (χ0) is 21.9. The van der Waals surface area contributed by atoms with Gasteiger partial charge in [0.15, 0.2) is 0 Å². The molecule has 7 nitrogen and oxygen atoms in total. The Morgan fingerprint density at radius 1 is 1.00 bits per heavy atom. The van der Waals surface area contributed by atoms with Gasteiger partial charge in [0.25, 0.3) is 5.91 Å². The predicted octanol–water partition coefficient (Wildman–Crippen LogP) is 1.80. The van der Waals surface area contributed by atoms with Crippen LogP contribution in [0.1, 0.15) is 21.5 Å². The summed E-state index contributed by atoms with van der Waals surface area (Å²) < 4.78 is 75.8. The van der Waals surface area contributed by atoms with Crippen molar-refractivity contribution < 1.29 is 30.4 Å². The molecule has 30 heavy (non-hydrogen) atoms. The minimum absolute atomic E-state index is 0.238. The molecule has 1 aliphatic heterocycles. The number of alkyl halides is 2. The van der Waals surface area contributed by atoms with E-state index in [9.17, 15) is 30.4 Å². The SMILES string of the molecule is O=C(NCCS(=O)(=O)N1CCc2ccccc2C1)c1ccccc1S(=O)(=O)C(F)F. The van der Waals surface area contributed by atoms with Crippen LogP contribution >= 0.6 is 0 Å². The molecule has 0 atom stereocenters. The highest BCUT2D eigenvalue weighted by Crippen LogP contribution is 2.23. The fraction of sp³-hybridized carbons (Fsp3) is 0.316. The van der Waals surface area contributed by atoms with Gasteiger partial charge in [-0.3, -0.25) is 4.79 Å². The molecule has 1 aliphatic rings. The van der Waals surface area contributed by atoms with Gasteiger partial charge in [-0.2, -0.15) is 13.1 Å². The highest BCUT2D eigenvalue weighted by atomic mass is 32.2. The molecule has 162 valence electrons. The third-order valence-corrected chi connectivity index (χ3v) is 8.06. The van der Waals surface area contributed by atoms with Crippen molar-refractivity contribution in [2.75, 3.05) is 18.8 Å². The monoisotopic (exact) mass is 458 g/mol. The van der Waals surface area contributed by atoms with E-state index in [1.54, 1.807) is 0 Å². The molecule has 1 N–H and O–H groups in total. The van der Waals surface area contributed by atoms with Gasteiger partial charge in [0, 0.05) is 19.6 Å². The molecule has 0 aliphatic carbocycles. The normalized spacial score (nSPS) is 15.0. The Labute approximate surface area is 173 Å². The molecule has 0 saturated carbocycles. The van der Waals surface area contributed by atoms with E-state index in [0.717, 1.165) is 23.3 Å². The lowest BCUT2D eigenvalue weighted by Crippen LogP contribution is -2.40. The number of rotatable bonds is 7. The third-order valence-electron chi connectivity index (χ3n) is 4.81. The maximum Gasteiger partial charge on any atom is 0.341 e. The second-order valence-electron chi connectivity index (χ2n) is 6.73. The van der Waals surface area contributed by atoms with E-state index in [1.807, 2.05) is 24.3 Å². The summed E-state index contributed by atoms with van der Waals surface area (Å²) in [5.41, 5.74) is 1.55. The number of sulfonamides is 1. The van der Waals surface area contributed by atoms with Gasteiger partial charge >= 0.3 is 5.76 Å². The van der Waals surface area contributed by atoms with Crippen LogP contribution in [-0.2, 0) is 32.8 Å². The quantitative estimate of drug-likeness (QED) is 0.682. The lowest BCUT2D eigenvalue weighted by molar-refractivity contribution is 0.0952. The number of carbonyl (C=O) groups excluding carboxylic acids is 1. The number of nitrogens with zero attached hydrogens (tertiary/aromatic N) is 1. The van der Waals surface area contributed by atoms with Crippen LogP contribution in [0.25, 0.3) is 0 Å². The Morgan fingerprint density at radius 3 is 2.33 bits per heavy atom. The van der Waals surface area contributed by atoms with Gasteiger partial charge in [0.1, 0.15) is 0 Å².